The smallest absolute Gasteiger partial charge is 0.266 e. The number of hydrogen-bond acceptors (Lipinski definition) is 4. The molecule has 0 aliphatic carbocycles. The van der Waals surface area contributed by atoms with E-state index >= 15 is 0 Å². The van der Waals surface area contributed by atoms with Gasteiger partial charge in [-0.3, -0.25) is 9.52 Å². The average Bonchev–Trinajstić information content (AvgIpc) is 3.03. The number of sulfonamides is 1. The van der Waals surface area contributed by atoms with Crippen molar-refractivity contribution in [3.63, 3.8) is 0 Å². The Morgan fingerprint density at radius 2 is 1.85 bits per heavy atom. The van der Waals surface area contributed by atoms with Crippen molar-refractivity contribution >= 4 is 66.2 Å². The molecule has 0 saturated heterocycles. The fourth-order valence-electron chi connectivity index (χ4n) is 2.21. The van der Waals surface area contributed by atoms with Crippen molar-refractivity contribution < 1.29 is 17.6 Å². The number of carbonyl (C=O) groups excluding carboxylic acids is 1. The van der Waals surface area contributed by atoms with Crippen LogP contribution in [0.2, 0.25) is 5.02 Å². The van der Waals surface area contributed by atoms with Crippen LogP contribution in [-0.2, 0) is 10.0 Å². The van der Waals surface area contributed by atoms with Crippen LogP contribution >= 0.6 is 38.9 Å². The third-order valence-corrected chi connectivity index (χ3v) is 6.89. The highest BCUT2D eigenvalue weighted by Gasteiger charge is 2.21. The minimum Gasteiger partial charge on any atom is -0.319 e. The van der Waals surface area contributed by atoms with Gasteiger partial charge in [-0.2, -0.15) is 0 Å². The summed E-state index contributed by atoms with van der Waals surface area (Å²) in [6.45, 7) is 0. The van der Waals surface area contributed by atoms with Gasteiger partial charge in [-0.25, -0.2) is 12.8 Å². The van der Waals surface area contributed by atoms with Crippen molar-refractivity contribution in [1.29, 1.82) is 0 Å². The number of halogens is 3. The lowest BCUT2D eigenvalue weighted by Gasteiger charge is -2.14. The van der Waals surface area contributed by atoms with Crippen molar-refractivity contribution in [2.45, 2.75) is 4.90 Å². The quantitative estimate of drug-likeness (QED) is 0.507. The Morgan fingerprint density at radius 1 is 1.11 bits per heavy atom. The summed E-state index contributed by atoms with van der Waals surface area (Å²) >= 11 is 10.5. The first-order valence-electron chi connectivity index (χ1n) is 7.39. The van der Waals surface area contributed by atoms with E-state index in [9.17, 15) is 17.6 Å². The van der Waals surface area contributed by atoms with Crippen LogP contribution in [0.4, 0.5) is 15.8 Å². The lowest BCUT2D eigenvalue weighted by molar-refractivity contribution is 0.103. The van der Waals surface area contributed by atoms with Gasteiger partial charge in [0.25, 0.3) is 15.9 Å². The maximum absolute atomic E-state index is 13.9. The monoisotopic (exact) mass is 488 g/mol. The lowest BCUT2D eigenvalue weighted by atomic mass is 10.2. The molecule has 2 N–H and O–H groups in total. The molecule has 0 bridgehead atoms. The van der Waals surface area contributed by atoms with Crippen molar-refractivity contribution in [1.82, 2.24) is 0 Å². The first kappa shape index (κ1) is 19.8. The number of hydrogen-bond donors (Lipinski definition) is 2. The van der Waals surface area contributed by atoms with E-state index in [2.05, 4.69) is 26.0 Å². The van der Waals surface area contributed by atoms with Gasteiger partial charge in [-0.1, -0.05) is 23.7 Å². The van der Waals surface area contributed by atoms with Crippen LogP contribution in [0.5, 0.6) is 0 Å². The number of carbonyl (C=O) groups is 1. The summed E-state index contributed by atoms with van der Waals surface area (Å²) in [4.78, 5) is 12.4. The molecular weight excluding hydrogens is 479 g/mol. The summed E-state index contributed by atoms with van der Waals surface area (Å²) in [6, 6.07) is 11.0. The highest BCUT2D eigenvalue weighted by Crippen LogP contribution is 2.30. The second-order valence-electron chi connectivity index (χ2n) is 5.28. The zero-order chi connectivity index (χ0) is 19.6. The first-order valence-corrected chi connectivity index (χ1v) is 10.9. The van der Waals surface area contributed by atoms with Crippen molar-refractivity contribution in [3.05, 3.63) is 74.1 Å². The Hall–Kier alpha value is -1.94. The van der Waals surface area contributed by atoms with E-state index in [-0.39, 0.29) is 11.4 Å². The molecule has 3 rings (SSSR count). The Morgan fingerprint density at radius 3 is 2.52 bits per heavy atom. The minimum atomic E-state index is -4.20. The zero-order valence-corrected chi connectivity index (χ0v) is 17.3. The SMILES string of the molecule is O=C(Nc1cc(Cl)ccc1NS(=O)(=O)c1ccccc1F)c1sccc1Br. The Kier molecular flexibility index (Phi) is 5.85. The largest absolute Gasteiger partial charge is 0.319 e. The van der Waals surface area contributed by atoms with E-state index in [4.69, 9.17) is 11.6 Å². The van der Waals surface area contributed by atoms with E-state index in [1.807, 2.05) is 0 Å². The molecule has 1 amide bonds. The average molecular weight is 490 g/mol. The molecule has 1 heterocycles. The van der Waals surface area contributed by atoms with Gasteiger partial charge in [0.1, 0.15) is 15.6 Å². The van der Waals surface area contributed by atoms with Gasteiger partial charge in [0, 0.05) is 9.50 Å². The number of anilines is 2. The molecule has 0 atom stereocenters. The molecule has 0 unspecified atom stereocenters. The minimum absolute atomic E-state index is 0.0590. The van der Waals surface area contributed by atoms with Crippen molar-refractivity contribution in [2.75, 3.05) is 10.0 Å². The molecule has 1 aromatic heterocycles. The molecular formula is C17H11BrClFN2O3S2. The molecule has 2 aromatic carbocycles. The highest BCUT2D eigenvalue weighted by atomic mass is 79.9. The van der Waals surface area contributed by atoms with E-state index < -0.39 is 26.6 Å². The highest BCUT2D eigenvalue weighted by molar-refractivity contribution is 9.10. The van der Waals surface area contributed by atoms with Gasteiger partial charge in [-0.05, 0) is 57.7 Å². The molecule has 0 aliphatic heterocycles. The molecule has 27 heavy (non-hydrogen) atoms. The van der Waals surface area contributed by atoms with Gasteiger partial charge < -0.3 is 5.32 Å². The summed E-state index contributed by atoms with van der Waals surface area (Å²) < 4.78 is 41.8. The molecule has 0 saturated carbocycles. The second-order valence-corrected chi connectivity index (χ2v) is 9.14. The number of benzene rings is 2. The predicted molar refractivity (Wildman–Crippen MR) is 109 cm³/mol. The van der Waals surface area contributed by atoms with Crippen LogP contribution in [0, 0.1) is 5.82 Å². The van der Waals surface area contributed by atoms with E-state index in [1.165, 1.54) is 41.7 Å². The maximum Gasteiger partial charge on any atom is 0.266 e. The fourth-order valence-corrected chi connectivity index (χ4v) is 4.98. The van der Waals surface area contributed by atoms with Crippen molar-refractivity contribution in [2.24, 2.45) is 0 Å². The topological polar surface area (TPSA) is 75.3 Å². The predicted octanol–water partition coefficient (Wildman–Crippen LogP) is 5.36. The van der Waals surface area contributed by atoms with Crippen LogP contribution < -0.4 is 10.0 Å². The Labute approximate surface area is 172 Å². The normalized spacial score (nSPS) is 11.2. The van der Waals surface area contributed by atoms with E-state index in [0.717, 1.165) is 12.1 Å². The van der Waals surface area contributed by atoms with E-state index in [0.29, 0.717) is 14.4 Å². The van der Waals surface area contributed by atoms with Gasteiger partial charge in [0.2, 0.25) is 0 Å². The summed E-state index contributed by atoms with van der Waals surface area (Å²) in [7, 11) is -4.20. The summed E-state index contributed by atoms with van der Waals surface area (Å²) in [5, 5.41) is 4.65. The van der Waals surface area contributed by atoms with Gasteiger partial charge in [0.05, 0.1) is 11.4 Å². The molecule has 0 spiro atoms. The lowest BCUT2D eigenvalue weighted by Crippen LogP contribution is -2.17. The molecule has 140 valence electrons. The van der Waals surface area contributed by atoms with Crippen LogP contribution in [0.25, 0.3) is 0 Å². The van der Waals surface area contributed by atoms with Gasteiger partial charge in [0.15, 0.2) is 0 Å². The molecule has 3 aromatic rings. The molecule has 5 nitrogen and oxygen atoms in total. The van der Waals surface area contributed by atoms with Crippen molar-refractivity contribution in [3.8, 4) is 0 Å². The number of rotatable bonds is 5. The summed E-state index contributed by atoms with van der Waals surface area (Å²) in [5.74, 6) is -1.32. The van der Waals surface area contributed by atoms with E-state index in [1.54, 1.807) is 11.4 Å². The molecule has 0 radical (unpaired) electrons. The maximum atomic E-state index is 13.9. The third-order valence-electron chi connectivity index (χ3n) is 3.42. The van der Waals surface area contributed by atoms with Crippen LogP contribution in [-0.4, -0.2) is 14.3 Å². The number of amides is 1. The summed E-state index contributed by atoms with van der Waals surface area (Å²) in [5.41, 5.74) is 0.205. The molecule has 10 heteroatoms. The number of thiophene rings is 1. The van der Waals surface area contributed by atoms with Crippen LogP contribution in [0.15, 0.2) is 63.3 Å². The standard InChI is InChI=1S/C17H11BrClFN2O3S2/c18-11-7-8-26-16(11)17(23)21-14-9-10(19)5-6-13(14)22-27(24,25)15-4-2-1-3-12(15)20/h1-9,22H,(H,21,23). The van der Waals surface area contributed by atoms with Crippen LogP contribution in [0.1, 0.15) is 9.67 Å². The van der Waals surface area contributed by atoms with Gasteiger partial charge in [-0.15, -0.1) is 11.3 Å². The Balaban J connectivity index is 1.94. The van der Waals surface area contributed by atoms with Crippen LogP contribution in [0.3, 0.4) is 0 Å². The van der Waals surface area contributed by atoms with Gasteiger partial charge >= 0.3 is 0 Å². The fraction of sp³-hybridized carbons (Fsp3) is 0. The third kappa shape index (κ3) is 4.49. The zero-order valence-electron chi connectivity index (χ0n) is 13.4. The first-order chi connectivity index (χ1) is 12.8. The molecule has 0 fully saturated rings. The Bertz CT molecular complexity index is 1120. The molecule has 0 aliphatic rings. The second kappa shape index (κ2) is 7.97. The summed E-state index contributed by atoms with van der Waals surface area (Å²) in [6.07, 6.45) is 0. The number of nitrogens with one attached hydrogen (secondary N) is 2.